The van der Waals surface area contributed by atoms with Crippen LogP contribution in [0, 0.1) is 0 Å². The summed E-state index contributed by atoms with van der Waals surface area (Å²) in [6.45, 7) is 0.139. The Hall–Kier alpha value is -3.35. The third kappa shape index (κ3) is 4.93. The first-order chi connectivity index (χ1) is 15.5. The molecule has 2 aliphatic rings. The van der Waals surface area contributed by atoms with Crippen molar-refractivity contribution in [3.8, 4) is 11.1 Å². The lowest BCUT2D eigenvalue weighted by Gasteiger charge is -2.20. The lowest BCUT2D eigenvalue weighted by molar-refractivity contribution is -0.151. The second-order valence-corrected chi connectivity index (χ2v) is 8.37. The summed E-state index contributed by atoms with van der Waals surface area (Å²) >= 11 is 0. The number of rotatable bonds is 8. The van der Waals surface area contributed by atoms with Crippen LogP contribution in [0.1, 0.15) is 55.6 Å². The minimum atomic E-state index is -0.973. The lowest BCUT2D eigenvalue weighted by Crippen LogP contribution is -2.44. The number of esters is 1. The molecular weight excluding hydrogens is 408 g/mol. The molecule has 0 bridgehead atoms. The molecule has 32 heavy (non-hydrogen) atoms. The van der Waals surface area contributed by atoms with Gasteiger partial charge in [-0.25, -0.2) is 9.59 Å². The Bertz CT molecular complexity index is 954. The van der Waals surface area contributed by atoms with Gasteiger partial charge in [0.05, 0.1) is 0 Å². The molecule has 0 spiro atoms. The molecule has 0 unspecified atom stereocenters. The highest BCUT2D eigenvalue weighted by Gasteiger charge is 2.31. The Morgan fingerprint density at radius 2 is 1.56 bits per heavy atom. The van der Waals surface area contributed by atoms with Crippen molar-refractivity contribution in [1.82, 2.24) is 5.32 Å². The zero-order valence-corrected chi connectivity index (χ0v) is 17.9. The first-order valence-corrected chi connectivity index (χ1v) is 11.1. The summed E-state index contributed by atoms with van der Waals surface area (Å²) in [7, 11) is 0. The fraction of sp³-hybridized carbons (Fsp3) is 0.400. The van der Waals surface area contributed by atoms with Gasteiger partial charge in [0.1, 0.15) is 18.8 Å². The number of carbonyl (C=O) groups is 3. The highest BCUT2D eigenvalue weighted by Crippen LogP contribution is 2.44. The van der Waals surface area contributed by atoms with Gasteiger partial charge in [-0.1, -0.05) is 48.5 Å². The maximum Gasteiger partial charge on any atom is 0.407 e. The van der Waals surface area contributed by atoms with Gasteiger partial charge >= 0.3 is 12.1 Å². The number of hydrogen-bond acceptors (Lipinski definition) is 5. The Morgan fingerprint density at radius 3 is 2.16 bits per heavy atom. The zero-order valence-electron chi connectivity index (χ0n) is 17.9. The molecule has 0 aliphatic heterocycles. The molecule has 2 aromatic rings. The summed E-state index contributed by atoms with van der Waals surface area (Å²) in [5.41, 5.74) is 9.71. The molecule has 0 saturated heterocycles. The van der Waals surface area contributed by atoms with Gasteiger partial charge < -0.3 is 20.5 Å². The minimum absolute atomic E-state index is 0.0336. The van der Waals surface area contributed by atoms with Crippen molar-refractivity contribution in [3.63, 3.8) is 0 Å². The molecule has 0 aromatic heterocycles. The smallest absolute Gasteiger partial charge is 0.407 e. The number of ether oxygens (including phenoxy) is 2. The van der Waals surface area contributed by atoms with E-state index in [9.17, 15) is 14.4 Å². The Morgan fingerprint density at radius 1 is 0.969 bits per heavy atom. The van der Waals surface area contributed by atoms with Crippen molar-refractivity contribution in [1.29, 1.82) is 0 Å². The van der Waals surface area contributed by atoms with Crippen molar-refractivity contribution in [3.05, 3.63) is 59.7 Å². The van der Waals surface area contributed by atoms with Crippen LogP contribution in [-0.4, -0.2) is 36.7 Å². The fourth-order valence-electron chi connectivity index (χ4n) is 4.57. The Balaban J connectivity index is 1.39. The monoisotopic (exact) mass is 436 g/mol. The fourth-order valence-corrected chi connectivity index (χ4v) is 4.57. The molecule has 0 radical (unpaired) electrons. The van der Waals surface area contributed by atoms with Crippen molar-refractivity contribution in [2.75, 3.05) is 6.61 Å². The zero-order chi connectivity index (χ0) is 22.5. The predicted molar refractivity (Wildman–Crippen MR) is 119 cm³/mol. The summed E-state index contributed by atoms with van der Waals surface area (Å²) < 4.78 is 11.0. The molecule has 168 valence electrons. The lowest BCUT2D eigenvalue weighted by atomic mass is 9.98. The number of hydrogen-bond donors (Lipinski definition) is 2. The number of primary amides is 1. The van der Waals surface area contributed by atoms with Gasteiger partial charge in [0.2, 0.25) is 5.91 Å². The summed E-state index contributed by atoms with van der Waals surface area (Å²) in [6, 6.07) is 15.1. The molecule has 1 fully saturated rings. The number of carbonyl (C=O) groups excluding carboxylic acids is 3. The molecule has 4 rings (SSSR count). The second kappa shape index (κ2) is 9.85. The van der Waals surface area contributed by atoms with Crippen LogP contribution in [0.25, 0.3) is 11.1 Å². The third-order valence-corrected chi connectivity index (χ3v) is 6.18. The third-order valence-electron chi connectivity index (χ3n) is 6.18. The van der Waals surface area contributed by atoms with Crippen LogP contribution in [0.2, 0.25) is 0 Å². The minimum Gasteiger partial charge on any atom is -0.461 e. The topological polar surface area (TPSA) is 108 Å². The van der Waals surface area contributed by atoms with Gasteiger partial charge in [-0.05, 0) is 54.4 Å². The van der Waals surface area contributed by atoms with Crippen LogP contribution >= 0.6 is 0 Å². The van der Waals surface area contributed by atoms with Crippen molar-refractivity contribution in [2.45, 2.75) is 56.6 Å². The first-order valence-electron chi connectivity index (χ1n) is 11.1. The number of fused-ring (bicyclic) bond motifs is 3. The Labute approximate surface area is 187 Å². The van der Waals surface area contributed by atoms with E-state index in [0.29, 0.717) is 0 Å². The maximum absolute atomic E-state index is 12.6. The van der Waals surface area contributed by atoms with E-state index in [1.807, 2.05) is 36.4 Å². The summed E-state index contributed by atoms with van der Waals surface area (Å²) in [4.78, 5) is 36.4. The van der Waals surface area contributed by atoms with Gasteiger partial charge in [-0.2, -0.15) is 0 Å². The van der Waals surface area contributed by atoms with Gasteiger partial charge in [0, 0.05) is 12.3 Å². The highest BCUT2D eigenvalue weighted by molar-refractivity contribution is 5.83. The highest BCUT2D eigenvalue weighted by atomic mass is 16.6. The molecule has 2 amide bonds. The van der Waals surface area contributed by atoms with E-state index in [1.165, 1.54) is 0 Å². The maximum atomic E-state index is 12.6. The first kappa shape index (κ1) is 21.9. The van der Waals surface area contributed by atoms with Gasteiger partial charge in [0.15, 0.2) is 0 Å². The molecular formula is C25H28N2O5. The standard InChI is InChI=1S/C25H28N2O5/c26-23(28)14-13-22(24(29)32-16-7-1-2-8-16)27-25(30)31-15-21-19-11-5-3-9-17(19)18-10-4-6-12-20(18)21/h3-6,9-12,16,21-22H,1-2,7-8,13-15H2,(H2,26,28)(H,27,30)/t22-/m0/s1. The van der Waals surface area contributed by atoms with Crippen molar-refractivity contribution >= 4 is 18.0 Å². The summed E-state index contributed by atoms with van der Waals surface area (Å²) in [5.74, 6) is -1.17. The molecule has 1 atom stereocenters. The van der Waals surface area contributed by atoms with E-state index in [-0.39, 0.29) is 31.5 Å². The van der Waals surface area contributed by atoms with Crippen molar-refractivity contribution < 1.29 is 23.9 Å². The number of nitrogens with one attached hydrogen (secondary N) is 1. The molecule has 1 saturated carbocycles. The van der Waals surface area contributed by atoms with Crippen LogP contribution in [0.4, 0.5) is 4.79 Å². The Kier molecular flexibility index (Phi) is 6.73. The molecule has 2 aliphatic carbocycles. The number of alkyl carbamates (subject to hydrolysis) is 1. The second-order valence-electron chi connectivity index (χ2n) is 8.37. The molecule has 2 aromatic carbocycles. The van der Waals surface area contributed by atoms with Crippen LogP contribution < -0.4 is 11.1 Å². The average Bonchev–Trinajstić information content (AvgIpc) is 3.41. The summed E-state index contributed by atoms with van der Waals surface area (Å²) in [6.07, 6.45) is 2.86. The number of amides is 2. The average molecular weight is 437 g/mol. The molecule has 3 N–H and O–H groups in total. The van der Waals surface area contributed by atoms with Gasteiger partial charge in [-0.15, -0.1) is 0 Å². The van der Waals surface area contributed by atoms with E-state index in [0.717, 1.165) is 47.9 Å². The van der Waals surface area contributed by atoms with Gasteiger partial charge in [0.25, 0.3) is 0 Å². The van der Waals surface area contributed by atoms with Crippen molar-refractivity contribution in [2.24, 2.45) is 5.73 Å². The van der Waals surface area contributed by atoms with Gasteiger partial charge in [-0.3, -0.25) is 4.79 Å². The summed E-state index contributed by atoms with van der Waals surface area (Å²) in [5, 5.41) is 2.57. The van der Waals surface area contributed by atoms with E-state index >= 15 is 0 Å². The number of benzene rings is 2. The van der Waals surface area contributed by atoms with E-state index < -0.39 is 24.0 Å². The predicted octanol–water partition coefficient (Wildman–Crippen LogP) is 3.65. The van der Waals surface area contributed by atoms with E-state index in [1.54, 1.807) is 0 Å². The van der Waals surface area contributed by atoms with Crippen LogP contribution in [0.5, 0.6) is 0 Å². The largest absolute Gasteiger partial charge is 0.461 e. The van der Waals surface area contributed by atoms with Crippen LogP contribution in [0.15, 0.2) is 48.5 Å². The molecule has 7 nitrogen and oxygen atoms in total. The number of nitrogens with two attached hydrogens (primary N) is 1. The van der Waals surface area contributed by atoms with E-state index in [2.05, 4.69) is 17.4 Å². The van der Waals surface area contributed by atoms with Crippen LogP contribution in [0.3, 0.4) is 0 Å². The van der Waals surface area contributed by atoms with Crippen LogP contribution in [-0.2, 0) is 19.1 Å². The SMILES string of the molecule is NC(=O)CC[C@H](NC(=O)OCC1c2ccccc2-c2ccccc21)C(=O)OC1CCCC1. The normalized spacial score (nSPS) is 16.1. The molecule has 7 heteroatoms. The quantitative estimate of drug-likeness (QED) is 0.614. The van der Waals surface area contributed by atoms with E-state index in [4.69, 9.17) is 15.2 Å². The molecule has 0 heterocycles.